The molecule has 0 saturated carbocycles. The number of rotatable bonds is 5. The summed E-state index contributed by atoms with van der Waals surface area (Å²) < 4.78 is 2.11. The van der Waals surface area contributed by atoms with Gasteiger partial charge >= 0.3 is 5.97 Å². The molecule has 0 radical (unpaired) electrons. The molecule has 4 rings (SSSR count). The Morgan fingerprint density at radius 2 is 1.83 bits per heavy atom. The largest absolute Gasteiger partial charge is 0.481 e. The van der Waals surface area contributed by atoms with Crippen molar-refractivity contribution in [2.75, 3.05) is 13.1 Å². The molecular formula is C23H25N3O3. The summed E-state index contributed by atoms with van der Waals surface area (Å²) >= 11 is 0. The van der Waals surface area contributed by atoms with Gasteiger partial charge in [-0.2, -0.15) is 0 Å². The summed E-state index contributed by atoms with van der Waals surface area (Å²) in [4.78, 5) is 30.7. The van der Waals surface area contributed by atoms with Crippen LogP contribution in [0, 0.1) is 11.8 Å². The number of carbonyl (C=O) groups excluding carboxylic acids is 1. The number of benzene rings is 2. The number of nitrogens with zero attached hydrogens (tertiary/aromatic N) is 3. The lowest BCUT2D eigenvalue weighted by Gasteiger charge is -2.35. The number of imidazole rings is 1. The lowest BCUT2D eigenvalue weighted by molar-refractivity contribution is -0.148. The number of hydrogen-bond acceptors (Lipinski definition) is 3. The zero-order valence-electron chi connectivity index (χ0n) is 16.5. The van der Waals surface area contributed by atoms with E-state index in [-0.39, 0.29) is 17.7 Å². The first kappa shape index (κ1) is 19.2. The molecule has 2 heterocycles. The molecule has 1 N–H and O–H groups in total. The number of amides is 1. The number of likely N-dealkylation sites (tertiary alicyclic amines) is 1. The minimum absolute atomic E-state index is 0.0286. The zero-order valence-corrected chi connectivity index (χ0v) is 16.5. The maximum absolute atomic E-state index is 12.8. The number of para-hydroxylation sites is 3. The van der Waals surface area contributed by atoms with Crippen LogP contribution in [-0.4, -0.2) is 44.5 Å². The highest BCUT2D eigenvalue weighted by Gasteiger charge is 2.32. The zero-order chi connectivity index (χ0) is 20.4. The Morgan fingerprint density at radius 3 is 2.55 bits per heavy atom. The van der Waals surface area contributed by atoms with Crippen LogP contribution in [0.5, 0.6) is 0 Å². The smallest absolute Gasteiger partial charge is 0.306 e. The predicted octanol–water partition coefficient (Wildman–Crippen LogP) is 3.53. The first-order chi connectivity index (χ1) is 14.0. The molecular weight excluding hydrogens is 366 g/mol. The fourth-order valence-electron chi connectivity index (χ4n) is 4.22. The van der Waals surface area contributed by atoms with Crippen molar-refractivity contribution in [2.45, 2.75) is 26.2 Å². The summed E-state index contributed by atoms with van der Waals surface area (Å²) in [7, 11) is 0. The highest BCUT2D eigenvalue weighted by molar-refractivity contribution is 5.79. The van der Waals surface area contributed by atoms with Gasteiger partial charge in [-0.25, -0.2) is 4.98 Å². The molecule has 1 aliphatic rings. The van der Waals surface area contributed by atoms with Crippen molar-refractivity contribution in [3.8, 4) is 5.69 Å². The fraction of sp³-hybridized carbons (Fsp3) is 0.348. The number of aromatic nitrogens is 2. The van der Waals surface area contributed by atoms with E-state index in [0.29, 0.717) is 32.4 Å². The van der Waals surface area contributed by atoms with E-state index in [2.05, 4.69) is 4.57 Å². The van der Waals surface area contributed by atoms with Crippen LogP contribution >= 0.6 is 0 Å². The van der Waals surface area contributed by atoms with Gasteiger partial charge in [0, 0.05) is 31.6 Å². The topological polar surface area (TPSA) is 75.4 Å². The Hall–Kier alpha value is -3.15. The van der Waals surface area contributed by atoms with Gasteiger partial charge in [-0.3, -0.25) is 14.2 Å². The first-order valence-corrected chi connectivity index (χ1v) is 10.1. The van der Waals surface area contributed by atoms with Crippen LogP contribution < -0.4 is 0 Å². The molecule has 2 aromatic carbocycles. The molecule has 1 aromatic heterocycles. The van der Waals surface area contributed by atoms with Crippen molar-refractivity contribution in [2.24, 2.45) is 11.8 Å². The Labute approximate surface area is 169 Å². The van der Waals surface area contributed by atoms with E-state index < -0.39 is 5.97 Å². The number of aryl methyl sites for hydroxylation is 1. The van der Waals surface area contributed by atoms with Crippen molar-refractivity contribution in [3.63, 3.8) is 0 Å². The minimum Gasteiger partial charge on any atom is -0.481 e. The maximum Gasteiger partial charge on any atom is 0.306 e. The Kier molecular flexibility index (Phi) is 5.34. The highest BCUT2D eigenvalue weighted by Crippen LogP contribution is 2.25. The first-order valence-electron chi connectivity index (χ1n) is 10.1. The van der Waals surface area contributed by atoms with Crippen LogP contribution in [0.2, 0.25) is 0 Å². The lowest BCUT2D eigenvalue weighted by Crippen LogP contribution is -2.45. The molecule has 2 atom stereocenters. The second-order valence-electron chi connectivity index (χ2n) is 7.74. The molecule has 0 bridgehead atoms. The van der Waals surface area contributed by atoms with Crippen LogP contribution in [0.25, 0.3) is 16.7 Å². The van der Waals surface area contributed by atoms with Crippen molar-refractivity contribution in [1.82, 2.24) is 14.5 Å². The summed E-state index contributed by atoms with van der Waals surface area (Å²) in [6, 6.07) is 18.0. The third kappa shape index (κ3) is 3.88. The van der Waals surface area contributed by atoms with Crippen LogP contribution in [-0.2, 0) is 16.0 Å². The van der Waals surface area contributed by atoms with Gasteiger partial charge in [0.15, 0.2) is 0 Å². The summed E-state index contributed by atoms with van der Waals surface area (Å²) in [6.45, 7) is 2.92. The number of piperidine rings is 1. The van der Waals surface area contributed by atoms with E-state index in [1.54, 1.807) is 4.90 Å². The predicted molar refractivity (Wildman–Crippen MR) is 111 cm³/mol. The number of fused-ring (bicyclic) bond motifs is 1. The molecule has 1 fully saturated rings. The standard InChI is InChI=1S/C23H25N3O3/c1-16-15-25(14-13-18(16)23(28)29)22(27)12-11-21-24-19-9-5-6-10-20(19)26(21)17-7-3-2-4-8-17/h2-10,16,18H,11-15H2,1H3,(H,28,29). The normalized spacial score (nSPS) is 19.4. The average molecular weight is 391 g/mol. The van der Waals surface area contributed by atoms with E-state index in [1.165, 1.54) is 0 Å². The van der Waals surface area contributed by atoms with Gasteiger partial charge in [0.25, 0.3) is 0 Å². The van der Waals surface area contributed by atoms with Crippen molar-refractivity contribution < 1.29 is 14.7 Å². The van der Waals surface area contributed by atoms with E-state index >= 15 is 0 Å². The van der Waals surface area contributed by atoms with E-state index in [4.69, 9.17) is 4.98 Å². The van der Waals surface area contributed by atoms with Crippen LogP contribution in [0.1, 0.15) is 25.6 Å². The Balaban J connectivity index is 1.52. The average Bonchev–Trinajstić information content (AvgIpc) is 3.10. The summed E-state index contributed by atoms with van der Waals surface area (Å²) in [5, 5.41) is 9.28. The quantitative estimate of drug-likeness (QED) is 0.722. The van der Waals surface area contributed by atoms with E-state index in [0.717, 1.165) is 22.5 Å². The second-order valence-corrected chi connectivity index (χ2v) is 7.74. The van der Waals surface area contributed by atoms with Crippen LogP contribution in [0.4, 0.5) is 0 Å². The van der Waals surface area contributed by atoms with Gasteiger partial charge in [-0.1, -0.05) is 37.3 Å². The second kappa shape index (κ2) is 8.07. The SMILES string of the molecule is CC1CN(C(=O)CCc2nc3ccccc3n2-c2ccccc2)CCC1C(=O)O. The van der Waals surface area contributed by atoms with Gasteiger partial charge in [0.1, 0.15) is 5.82 Å². The van der Waals surface area contributed by atoms with Gasteiger partial charge in [0.05, 0.1) is 17.0 Å². The minimum atomic E-state index is -0.763. The molecule has 0 aliphatic carbocycles. The van der Waals surface area contributed by atoms with Gasteiger partial charge in [-0.15, -0.1) is 0 Å². The fourth-order valence-corrected chi connectivity index (χ4v) is 4.22. The molecule has 3 aromatic rings. The molecule has 6 nitrogen and oxygen atoms in total. The molecule has 29 heavy (non-hydrogen) atoms. The molecule has 1 amide bonds. The third-order valence-electron chi connectivity index (χ3n) is 5.78. The van der Waals surface area contributed by atoms with Gasteiger partial charge in [-0.05, 0) is 36.6 Å². The molecule has 1 aliphatic heterocycles. The number of carboxylic acids is 1. The molecule has 1 saturated heterocycles. The molecule has 6 heteroatoms. The number of carboxylic acid groups (broad SMARTS) is 1. The number of carbonyl (C=O) groups is 2. The number of hydrogen-bond donors (Lipinski definition) is 1. The molecule has 2 unspecified atom stereocenters. The summed E-state index contributed by atoms with van der Waals surface area (Å²) in [5.41, 5.74) is 2.96. The van der Waals surface area contributed by atoms with E-state index in [1.807, 2.05) is 61.5 Å². The summed E-state index contributed by atoms with van der Waals surface area (Å²) in [5.74, 6) is -0.229. The van der Waals surface area contributed by atoms with Gasteiger partial charge in [0.2, 0.25) is 5.91 Å². The summed E-state index contributed by atoms with van der Waals surface area (Å²) in [6.07, 6.45) is 1.42. The highest BCUT2D eigenvalue weighted by atomic mass is 16.4. The monoisotopic (exact) mass is 391 g/mol. The Morgan fingerprint density at radius 1 is 1.10 bits per heavy atom. The van der Waals surface area contributed by atoms with Crippen LogP contribution in [0.15, 0.2) is 54.6 Å². The number of aliphatic carboxylic acids is 1. The van der Waals surface area contributed by atoms with Crippen LogP contribution in [0.3, 0.4) is 0 Å². The third-order valence-corrected chi connectivity index (χ3v) is 5.78. The van der Waals surface area contributed by atoms with E-state index in [9.17, 15) is 14.7 Å². The van der Waals surface area contributed by atoms with Gasteiger partial charge < -0.3 is 10.0 Å². The molecule has 150 valence electrons. The van der Waals surface area contributed by atoms with Crippen molar-refractivity contribution in [1.29, 1.82) is 0 Å². The van der Waals surface area contributed by atoms with Crippen molar-refractivity contribution >= 4 is 22.9 Å². The Bertz CT molecular complexity index is 1030. The van der Waals surface area contributed by atoms with Crippen molar-refractivity contribution in [3.05, 3.63) is 60.4 Å². The maximum atomic E-state index is 12.8. The lowest BCUT2D eigenvalue weighted by atomic mass is 9.87. The molecule has 0 spiro atoms.